The Morgan fingerprint density at radius 1 is 1.11 bits per heavy atom. The normalized spacial score (nSPS) is 17.8. The van der Waals surface area contributed by atoms with Gasteiger partial charge >= 0.3 is 0 Å². The van der Waals surface area contributed by atoms with Crippen molar-refractivity contribution < 1.29 is 4.79 Å². The quantitative estimate of drug-likeness (QED) is 0.752. The van der Waals surface area contributed by atoms with Crippen LogP contribution in [0.2, 0.25) is 0 Å². The lowest BCUT2D eigenvalue weighted by Gasteiger charge is -2.38. The summed E-state index contributed by atoms with van der Waals surface area (Å²) in [7, 11) is 0. The average molecular weight is 268 g/mol. The van der Waals surface area contributed by atoms with E-state index in [2.05, 4.69) is 25.7 Å². The maximum absolute atomic E-state index is 12.1. The molecule has 0 bridgehead atoms. The van der Waals surface area contributed by atoms with Gasteiger partial charge in [-0.05, 0) is 43.6 Å². The van der Waals surface area contributed by atoms with Gasteiger partial charge in [0.15, 0.2) is 0 Å². The van der Waals surface area contributed by atoms with E-state index in [4.69, 9.17) is 5.73 Å². The number of piperidine rings is 1. The summed E-state index contributed by atoms with van der Waals surface area (Å²) in [5.74, 6) is 1.13. The number of unbranched alkanes of at least 4 members (excludes halogenated alkanes) is 3. The lowest BCUT2D eigenvalue weighted by atomic mass is 9.75. The first-order valence-corrected chi connectivity index (χ1v) is 7.93. The van der Waals surface area contributed by atoms with E-state index in [1.54, 1.807) is 0 Å². The number of hydrogen-bond donors (Lipinski definition) is 1. The van der Waals surface area contributed by atoms with Crippen molar-refractivity contribution in [3.63, 3.8) is 0 Å². The van der Waals surface area contributed by atoms with Gasteiger partial charge in [0.05, 0.1) is 0 Å². The van der Waals surface area contributed by atoms with Crippen LogP contribution in [0, 0.1) is 11.3 Å². The van der Waals surface area contributed by atoms with Crippen LogP contribution < -0.4 is 5.73 Å². The second kappa shape index (κ2) is 7.88. The zero-order valence-electron chi connectivity index (χ0n) is 13.1. The molecule has 0 radical (unpaired) electrons. The highest BCUT2D eigenvalue weighted by atomic mass is 16.2. The summed E-state index contributed by atoms with van der Waals surface area (Å²) in [5.41, 5.74) is 5.85. The van der Waals surface area contributed by atoms with Gasteiger partial charge in [-0.25, -0.2) is 0 Å². The Labute approximate surface area is 118 Å². The molecule has 0 aromatic rings. The highest BCUT2D eigenvalue weighted by molar-refractivity contribution is 5.76. The number of hydrogen-bond acceptors (Lipinski definition) is 2. The van der Waals surface area contributed by atoms with Crippen molar-refractivity contribution in [2.45, 2.75) is 65.7 Å². The summed E-state index contributed by atoms with van der Waals surface area (Å²) in [6.45, 7) is 9.63. The lowest BCUT2D eigenvalue weighted by Crippen LogP contribution is -2.41. The third kappa shape index (κ3) is 5.94. The second-order valence-electron chi connectivity index (χ2n) is 6.97. The molecule has 2 N–H and O–H groups in total. The minimum atomic E-state index is 0.361. The monoisotopic (exact) mass is 268 g/mol. The Bertz CT molecular complexity index is 262. The molecule has 1 aliphatic rings. The standard InChI is InChI=1S/C16H32N2O/c1-16(2,3)14-9-12-18(13-10-14)15(19)8-6-4-5-7-11-17/h14H,4-13,17H2,1-3H3. The van der Waals surface area contributed by atoms with E-state index in [1.807, 2.05) is 0 Å². The van der Waals surface area contributed by atoms with Crippen molar-refractivity contribution in [3.05, 3.63) is 0 Å². The maximum atomic E-state index is 12.1. The average Bonchev–Trinajstić information content (AvgIpc) is 2.37. The van der Waals surface area contributed by atoms with Crippen LogP contribution in [-0.2, 0) is 4.79 Å². The summed E-state index contributed by atoms with van der Waals surface area (Å²) >= 11 is 0. The van der Waals surface area contributed by atoms with Crippen LogP contribution in [0.1, 0.15) is 65.7 Å². The molecule has 19 heavy (non-hydrogen) atoms. The van der Waals surface area contributed by atoms with Crippen LogP contribution >= 0.6 is 0 Å². The highest BCUT2D eigenvalue weighted by Gasteiger charge is 2.29. The van der Waals surface area contributed by atoms with E-state index in [-0.39, 0.29) is 0 Å². The maximum Gasteiger partial charge on any atom is 0.222 e. The van der Waals surface area contributed by atoms with E-state index in [0.29, 0.717) is 11.3 Å². The molecule has 3 nitrogen and oxygen atoms in total. The van der Waals surface area contributed by atoms with E-state index in [0.717, 1.165) is 57.7 Å². The Balaban J connectivity index is 2.18. The number of likely N-dealkylation sites (tertiary alicyclic amines) is 1. The van der Waals surface area contributed by atoms with Gasteiger partial charge in [-0.2, -0.15) is 0 Å². The Morgan fingerprint density at radius 3 is 2.21 bits per heavy atom. The Hall–Kier alpha value is -0.570. The first-order valence-electron chi connectivity index (χ1n) is 7.93. The minimum absolute atomic E-state index is 0.361. The SMILES string of the molecule is CC(C)(C)C1CCN(C(=O)CCCCCCN)CC1. The smallest absolute Gasteiger partial charge is 0.222 e. The number of carbonyl (C=O) groups is 1. The lowest BCUT2D eigenvalue weighted by molar-refractivity contribution is -0.133. The molecule has 0 aromatic carbocycles. The van der Waals surface area contributed by atoms with Crippen LogP contribution in [0.5, 0.6) is 0 Å². The van der Waals surface area contributed by atoms with Gasteiger partial charge in [0, 0.05) is 19.5 Å². The molecule has 1 aliphatic heterocycles. The fourth-order valence-electron chi connectivity index (χ4n) is 2.93. The molecule has 1 fully saturated rings. The Kier molecular flexibility index (Phi) is 6.84. The van der Waals surface area contributed by atoms with E-state index >= 15 is 0 Å². The zero-order chi connectivity index (χ0) is 14.3. The van der Waals surface area contributed by atoms with Crippen molar-refractivity contribution >= 4 is 5.91 Å². The first-order chi connectivity index (χ1) is 8.95. The van der Waals surface area contributed by atoms with Crippen molar-refractivity contribution in [2.75, 3.05) is 19.6 Å². The van der Waals surface area contributed by atoms with Crippen molar-refractivity contribution in [2.24, 2.45) is 17.1 Å². The molecule has 1 heterocycles. The zero-order valence-corrected chi connectivity index (χ0v) is 13.1. The van der Waals surface area contributed by atoms with Gasteiger partial charge in [-0.3, -0.25) is 4.79 Å². The molecule has 112 valence electrons. The predicted octanol–water partition coefficient (Wildman–Crippen LogP) is 3.18. The number of rotatable bonds is 6. The minimum Gasteiger partial charge on any atom is -0.343 e. The molecule has 0 atom stereocenters. The van der Waals surface area contributed by atoms with Gasteiger partial charge in [-0.15, -0.1) is 0 Å². The first kappa shape index (κ1) is 16.5. The second-order valence-corrected chi connectivity index (χ2v) is 6.97. The topological polar surface area (TPSA) is 46.3 Å². The molecule has 0 saturated carbocycles. The third-order valence-corrected chi connectivity index (χ3v) is 4.42. The largest absolute Gasteiger partial charge is 0.343 e. The molecule has 1 rings (SSSR count). The predicted molar refractivity (Wildman–Crippen MR) is 80.9 cm³/mol. The summed E-state index contributed by atoms with van der Waals surface area (Å²) < 4.78 is 0. The van der Waals surface area contributed by atoms with E-state index in [9.17, 15) is 4.79 Å². The molecule has 0 aliphatic carbocycles. The molecule has 3 heteroatoms. The van der Waals surface area contributed by atoms with Crippen LogP contribution in [0.15, 0.2) is 0 Å². The van der Waals surface area contributed by atoms with Crippen LogP contribution in [-0.4, -0.2) is 30.4 Å². The Morgan fingerprint density at radius 2 is 1.68 bits per heavy atom. The number of amides is 1. The number of carbonyl (C=O) groups excluding carboxylic acids is 1. The van der Waals surface area contributed by atoms with Crippen molar-refractivity contribution in [3.8, 4) is 0 Å². The fraction of sp³-hybridized carbons (Fsp3) is 0.938. The fourth-order valence-corrected chi connectivity index (χ4v) is 2.93. The van der Waals surface area contributed by atoms with Crippen LogP contribution in [0.4, 0.5) is 0 Å². The summed E-state index contributed by atoms with van der Waals surface area (Å²) in [6, 6.07) is 0. The summed E-state index contributed by atoms with van der Waals surface area (Å²) in [6.07, 6.45) is 7.48. The summed E-state index contributed by atoms with van der Waals surface area (Å²) in [5, 5.41) is 0. The molecule has 0 spiro atoms. The van der Waals surface area contributed by atoms with Crippen LogP contribution in [0.3, 0.4) is 0 Å². The molecule has 1 amide bonds. The van der Waals surface area contributed by atoms with Gasteiger partial charge < -0.3 is 10.6 Å². The van der Waals surface area contributed by atoms with Gasteiger partial charge in [0.1, 0.15) is 0 Å². The summed E-state index contributed by atoms with van der Waals surface area (Å²) in [4.78, 5) is 14.2. The number of nitrogens with zero attached hydrogens (tertiary/aromatic N) is 1. The van der Waals surface area contributed by atoms with Gasteiger partial charge in [-0.1, -0.05) is 33.6 Å². The molecule has 0 aromatic heterocycles. The van der Waals surface area contributed by atoms with E-state index in [1.165, 1.54) is 12.8 Å². The number of nitrogens with two attached hydrogens (primary N) is 1. The molecular formula is C16H32N2O. The van der Waals surface area contributed by atoms with Gasteiger partial charge in [0.25, 0.3) is 0 Å². The van der Waals surface area contributed by atoms with Gasteiger partial charge in [0.2, 0.25) is 5.91 Å². The van der Waals surface area contributed by atoms with Crippen LogP contribution in [0.25, 0.3) is 0 Å². The van der Waals surface area contributed by atoms with E-state index < -0.39 is 0 Å². The third-order valence-electron chi connectivity index (χ3n) is 4.42. The highest BCUT2D eigenvalue weighted by Crippen LogP contribution is 2.34. The molecule has 0 unspecified atom stereocenters. The molecule has 1 saturated heterocycles. The molecular weight excluding hydrogens is 236 g/mol. The van der Waals surface area contributed by atoms with Crippen molar-refractivity contribution in [1.82, 2.24) is 4.90 Å². The van der Waals surface area contributed by atoms with Crippen molar-refractivity contribution in [1.29, 1.82) is 0 Å².